The van der Waals surface area contributed by atoms with Crippen LogP contribution >= 0.6 is 0 Å². The van der Waals surface area contributed by atoms with Crippen LogP contribution in [0.15, 0.2) is 24.3 Å². The summed E-state index contributed by atoms with van der Waals surface area (Å²) in [6, 6.07) is 6.46. The van der Waals surface area contributed by atoms with Crippen molar-refractivity contribution in [1.82, 2.24) is 10.2 Å². The number of methoxy groups -OCH3 is 1. The summed E-state index contributed by atoms with van der Waals surface area (Å²) in [5, 5.41) is 12.5. The molecule has 2 rings (SSSR count). The molecular weight excluding hydrogens is 372 g/mol. The third-order valence-corrected chi connectivity index (χ3v) is 5.99. The molecule has 2 amide bonds. The summed E-state index contributed by atoms with van der Waals surface area (Å²) in [6.45, 7) is 7.67. The molecule has 0 saturated carbocycles. The van der Waals surface area contributed by atoms with Gasteiger partial charge in [0, 0.05) is 18.9 Å². The number of carbonyl (C=O) groups excluding carboxylic acids is 2. The minimum absolute atomic E-state index is 0.128. The van der Waals surface area contributed by atoms with Gasteiger partial charge in [-0.2, -0.15) is 0 Å². The molecule has 1 heterocycles. The lowest BCUT2D eigenvalue weighted by molar-refractivity contribution is -0.156. The number of likely N-dealkylation sites (tertiary alicyclic amines) is 1. The lowest BCUT2D eigenvalue weighted by Gasteiger charge is -2.34. The molecular formula is C22H32N2O5. The number of aliphatic carboxylic acids is 1. The Hall–Kier alpha value is -2.57. The maximum atomic E-state index is 13.3. The number of rotatable bonds is 8. The smallest absolute Gasteiger partial charge is 0.329 e. The van der Waals surface area contributed by atoms with E-state index in [0.717, 1.165) is 5.56 Å². The zero-order valence-corrected chi connectivity index (χ0v) is 17.9. The molecule has 1 aromatic rings. The molecule has 1 aliphatic rings. The maximum Gasteiger partial charge on any atom is 0.329 e. The Morgan fingerprint density at radius 1 is 1.21 bits per heavy atom. The number of benzene rings is 1. The molecule has 0 bridgehead atoms. The summed E-state index contributed by atoms with van der Waals surface area (Å²) >= 11 is 0. The van der Waals surface area contributed by atoms with Gasteiger partial charge < -0.3 is 20.1 Å². The maximum absolute atomic E-state index is 13.3. The molecule has 29 heavy (non-hydrogen) atoms. The molecule has 7 nitrogen and oxygen atoms in total. The number of hydrogen-bond donors (Lipinski definition) is 2. The average Bonchev–Trinajstić information content (AvgIpc) is 3.09. The van der Waals surface area contributed by atoms with Crippen LogP contribution in [0.3, 0.4) is 0 Å². The molecule has 160 valence electrons. The highest BCUT2D eigenvalue weighted by Crippen LogP contribution is 2.30. The normalized spacial score (nSPS) is 21.0. The first kappa shape index (κ1) is 22.7. The summed E-state index contributed by atoms with van der Waals surface area (Å²) in [5.41, 5.74) is -0.387. The summed E-state index contributed by atoms with van der Waals surface area (Å²) in [6.07, 6.45) is 1.31. The van der Waals surface area contributed by atoms with E-state index in [1.54, 1.807) is 26.2 Å². The van der Waals surface area contributed by atoms with E-state index >= 15 is 0 Å². The van der Waals surface area contributed by atoms with E-state index in [9.17, 15) is 19.5 Å². The van der Waals surface area contributed by atoms with Crippen LogP contribution in [-0.4, -0.2) is 53.0 Å². The highest BCUT2D eigenvalue weighted by Gasteiger charge is 2.47. The van der Waals surface area contributed by atoms with Crippen molar-refractivity contribution in [1.29, 1.82) is 0 Å². The monoisotopic (exact) mass is 404 g/mol. The second-order valence-corrected chi connectivity index (χ2v) is 8.32. The standard InChI is InChI=1S/C22H32N2O5/c1-14(2)15(3)19(25)23-18(13-16-7-9-17(29-5)10-8-16)20(26)24-12-6-11-22(24,4)21(27)28/h7-10,14-15,18H,6,11-13H2,1-5H3,(H,23,25)(H,27,28)/t15-,18-,22-/m0/s1. The second kappa shape index (κ2) is 9.29. The molecule has 1 aromatic carbocycles. The number of nitrogens with one attached hydrogen (secondary N) is 1. The molecule has 0 unspecified atom stereocenters. The molecule has 0 aromatic heterocycles. The van der Waals surface area contributed by atoms with Crippen LogP contribution in [0.2, 0.25) is 0 Å². The summed E-state index contributed by atoms with van der Waals surface area (Å²) in [5.74, 6) is -1.01. The third-order valence-electron chi connectivity index (χ3n) is 5.99. The van der Waals surface area contributed by atoms with Gasteiger partial charge in [0.2, 0.25) is 11.8 Å². The Morgan fingerprint density at radius 3 is 2.34 bits per heavy atom. The molecule has 2 N–H and O–H groups in total. The summed E-state index contributed by atoms with van der Waals surface area (Å²) in [4.78, 5) is 39.2. The van der Waals surface area contributed by atoms with Crippen LogP contribution in [0.1, 0.15) is 46.1 Å². The summed E-state index contributed by atoms with van der Waals surface area (Å²) < 4.78 is 5.17. The van der Waals surface area contributed by atoms with Gasteiger partial charge in [0.1, 0.15) is 17.3 Å². The van der Waals surface area contributed by atoms with E-state index in [1.165, 1.54) is 4.90 Å². The number of carboxylic acids is 1. The zero-order valence-electron chi connectivity index (χ0n) is 17.9. The SMILES string of the molecule is COc1ccc(C[C@H](NC(=O)[C@@H](C)C(C)C)C(=O)N2CCC[C@@]2(C)C(=O)O)cc1. The second-order valence-electron chi connectivity index (χ2n) is 8.32. The number of nitrogens with zero attached hydrogens (tertiary/aromatic N) is 1. The Bertz CT molecular complexity index is 746. The molecule has 7 heteroatoms. The van der Waals surface area contributed by atoms with Crippen LogP contribution in [-0.2, 0) is 20.8 Å². The Balaban J connectivity index is 2.28. The average molecular weight is 405 g/mol. The number of carboxylic acid groups (broad SMARTS) is 1. The molecule has 3 atom stereocenters. The first-order valence-electron chi connectivity index (χ1n) is 10.1. The topological polar surface area (TPSA) is 95.9 Å². The molecule has 0 spiro atoms. The van der Waals surface area contributed by atoms with Crippen molar-refractivity contribution in [2.24, 2.45) is 11.8 Å². The van der Waals surface area contributed by atoms with Gasteiger partial charge in [-0.05, 0) is 43.4 Å². The molecule has 0 aliphatic carbocycles. The van der Waals surface area contributed by atoms with E-state index in [1.807, 2.05) is 32.9 Å². The van der Waals surface area contributed by atoms with Gasteiger partial charge in [-0.3, -0.25) is 9.59 Å². The van der Waals surface area contributed by atoms with E-state index in [-0.39, 0.29) is 30.1 Å². The van der Waals surface area contributed by atoms with Gasteiger partial charge in [-0.15, -0.1) is 0 Å². The van der Waals surface area contributed by atoms with Gasteiger partial charge in [-0.25, -0.2) is 4.79 Å². The van der Waals surface area contributed by atoms with Gasteiger partial charge >= 0.3 is 5.97 Å². The van der Waals surface area contributed by atoms with Crippen LogP contribution in [0.4, 0.5) is 0 Å². The van der Waals surface area contributed by atoms with E-state index in [4.69, 9.17) is 4.74 Å². The number of hydrogen-bond acceptors (Lipinski definition) is 4. The molecule has 1 saturated heterocycles. The Kier molecular flexibility index (Phi) is 7.27. The van der Waals surface area contributed by atoms with Crippen molar-refractivity contribution in [2.75, 3.05) is 13.7 Å². The molecule has 1 aliphatic heterocycles. The predicted octanol–water partition coefficient (Wildman–Crippen LogP) is 2.48. The summed E-state index contributed by atoms with van der Waals surface area (Å²) in [7, 11) is 1.58. The van der Waals surface area contributed by atoms with Crippen molar-refractivity contribution in [3.63, 3.8) is 0 Å². The zero-order chi connectivity index (χ0) is 21.8. The van der Waals surface area contributed by atoms with Crippen molar-refractivity contribution >= 4 is 17.8 Å². The Labute approximate surface area is 172 Å². The minimum atomic E-state index is -1.25. The first-order valence-corrected chi connectivity index (χ1v) is 10.1. The van der Waals surface area contributed by atoms with Crippen molar-refractivity contribution in [2.45, 2.75) is 58.5 Å². The van der Waals surface area contributed by atoms with E-state index < -0.39 is 17.6 Å². The van der Waals surface area contributed by atoms with E-state index in [0.29, 0.717) is 25.1 Å². The Morgan fingerprint density at radius 2 is 1.83 bits per heavy atom. The van der Waals surface area contributed by atoms with E-state index in [2.05, 4.69) is 5.32 Å². The van der Waals surface area contributed by atoms with Crippen LogP contribution in [0.25, 0.3) is 0 Å². The fourth-order valence-corrected chi connectivity index (χ4v) is 3.53. The van der Waals surface area contributed by atoms with Crippen molar-refractivity contribution < 1.29 is 24.2 Å². The van der Waals surface area contributed by atoms with Crippen molar-refractivity contribution in [3.8, 4) is 5.75 Å². The van der Waals surface area contributed by atoms with Gasteiger partial charge in [0.05, 0.1) is 7.11 Å². The number of amides is 2. The van der Waals surface area contributed by atoms with Gasteiger partial charge in [-0.1, -0.05) is 32.9 Å². The first-order chi connectivity index (χ1) is 13.6. The number of carbonyl (C=O) groups is 3. The lowest BCUT2D eigenvalue weighted by atomic mass is 9.95. The van der Waals surface area contributed by atoms with Gasteiger partial charge in [0.15, 0.2) is 0 Å². The fraction of sp³-hybridized carbons (Fsp3) is 0.591. The highest BCUT2D eigenvalue weighted by atomic mass is 16.5. The predicted molar refractivity (Wildman–Crippen MR) is 110 cm³/mol. The highest BCUT2D eigenvalue weighted by molar-refractivity contribution is 5.93. The van der Waals surface area contributed by atoms with Crippen LogP contribution in [0.5, 0.6) is 5.75 Å². The third kappa shape index (κ3) is 5.08. The largest absolute Gasteiger partial charge is 0.497 e. The quantitative estimate of drug-likeness (QED) is 0.694. The molecule has 1 fully saturated rings. The van der Waals surface area contributed by atoms with Crippen LogP contribution < -0.4 is 10.1 Å². The minimum Gasteiger partial charge on any atom is -0.497 e. The van der Waals surface area contributed by atoms with Crippen LogP contribution in [0, 0.1) is 11.8 Å². The lowest BCUT2D eigenvalue weighted by Crippen LogP contribution is -2.58. The van der Waals surface area contributed by atoms with Crippen molar-refractivity contribution in [3.05, 3.63) is 29.8 Å². The fourth-order valence-electron chi connectivity index (χ4n) is 3.53. The number of ether oxygens (including phenoxy) is 1. The van der Waals surface area contributed by atoms with Gasteiger partial charge in [0.25, 0.3) is 0 Å². The molecule has 0 radical (unpaired) electrons.